The van der Waals surface area contributed by atoms with Gasteiger partial charge in [-0.1, -0.05) is 11.6 Å². The molecule has 1 aliphatic rings. The summed E-state index contributed by atoms with van der Waals surface area (Å²) in [6, 6.07) is 3.14. The van der Waals surface area contributed by atoms with E-state index in [-0.39, 0.29) is 6.10 Å². The number of rotatable bonds is 4. The first-order valence-corrected chi connectivity index (χ1v) is 7.50. The second-order valence-corrected chi connectivity index (χ2v) is 5.63. The Balaban J connectivity index is 2.22. The molecular weight excluding hydrogens is 292 g/mol. The maximum atomic E-state index is 12.0. The smallest absolute Gasteiger partial charge is 0.342 e. The van der Waals surface area contributed by atoms with Crippen molar-refractivity contribution in [3.63, 3.8) is 0 Å². The van der Waals surface area contributed by atoms with Crippen LogP contribution in [0.5, 0.6) is 5.75 Å². The lowest BCUT2D eigenvalue weighted by Gasteiger charge is -2.30. The predicted molar refractivity (Wildman–Crippen MR) is 83.0 cm³/mol. The quantitative estimate of drug-likeness (QED) is 0.684. The fourth-order valence-corrected chi connectivity index (χ4v) is 2.64. The lowest BCUT2D eigenvalue weighted by molar-refractivity contribution is 0.0513. The van der Waals surface area contributed by atoms with Gasteiger partial charge in [0, 0.05) is 18.8 Å². The first-order valence-electron chi connectivity index (χ1n) is 7.12. The van der Waals surface area contributed by atoms with Gasteiger partial charge in [0.25, 0.3) is 0 Å². The number of likely N-dealkylation sites (tertiary alicyclic amines) is 1. The number of nitrogen functional groups attached to an aromatic ring is 1. The number of ether oxygens (including phenoxy) is 2. The van der Waals surface area contributed by atoms with Crippen molar-refractivity contribution in [3.05, 3.63) is 22.7 Å². The zero-order chi connectivity index (χ0) is 15.4. The van der Waals surface area contributed by atoms with Gasteiger partial charge in [-0.3, -0.25) is 0 Å². The molecule has 1 fully saturated rings. The highest BCUT2D eigenvalue weighted by Gasteiger charge is 2.24. The molecule has 5 nitrogen and oxygen atoms in total. The number of esters is 1. The molecule has 0 bridgehead atoms. The number of carbonyl (C=O) groups excluding carboxylic acids is 1. The summed E-state index contributed by atoms with van der Waals surface area (Å²) in [5.41, 5.74) is 6.47. The molecule has 1 aromatic carbocycles. The summed E-state index contributed by atoms with van der Waals surface area (Å²) in [4.78, 5) is 14.3. The van der Waals surface area contributed by atoms with Gasteiger partial charge in [0.15, 0.2) is 5.75 Å². The molecule has 0 radical (unpaired) electrons. The SMILES string of the molecule is CCOC(=O)c1cc(N)cc(Cl)c1OC1CCN(C)CC1. The highest BCUT2D eigenvalue weighted by Crippen LogP contribution is 2.34. The van der Waals surface area contributed by atoms with E-state index in [4.69, 9.17) is 26.8 Å². The van der Waals surface area contributed by atoms with Crippen molar-refractivity contribution in [3.8, 4) is 5.75 Å². The number of hydrogen-bond acceptors (Lipinski definition) is 5. The van der Waals surface area contributed by atoms with Gasteiger partial charge < -0.3 is 20.1 Å². The molecule has 0 atom stereocenters. The minimum absolute atomic E-state index is 0.0514. The maximum absolute atomic E-state index is 12.0. The van der Waals surface area contributed by atoms with Crippen molar-refractivity contribution in [1.29, 1.82) is 0 Å². The molecule has 1 heterocycles. The molecule has 21 heavy (non-hydrogen) atoms. The number of nitrogens with two attached hydrogens (primary N) is 1. The van der Waals surface area contributed by atoms with Crippen molar-refractivity contribution >= 4 is 23.3 Å². The van der Waals surface area contributed by atoms with Crippen LogP contribution in [0.15, 0.2) is 12.1 Å². The van der Waals surface area contributed by atoms with E-state index in [1.807, 2.05) is 0 Å². The number of carbonyl (C=O) groups is 1. The third-order valence-electron chi connectivity index (χ3n) is 3.51. The molecule has 1 aliphatic heterocycles. The molecule has 116 valence electrons. The first kappa shape index (κ1) is 15.9. The standard InChI is InChI=1S/C15H21ClN2O3/c1-3-20-15(19)12-8-10(17)9-13(16)14(12)21-11-4-6-18(2)7-5-11/h8-9,11H,3-7,17H2,1-2H3. The fraction of sp³-hybridized carbons (Fsp3) is 0.533. The molecule has 0 unspecified atom stereocenters. The maximum Gasteiger partial charge on any atom is 0.342 e. The Bertz CT molecular complexity index is 514. The molecule has 0 saturated carbocycles. The van der Waals surface area contributed by atoms with Crippen molar-refractivity contribution in [2.45, 2.75) is 25.9 Å². The van der Waals surface area contributed by atoms with E-state index in [0.717, 1.165) is 25.9 Å². The average Bonchev–Trinajstić information content (AvgIpc) is 2.44. The van der Waals surface area contributed by atoms with Gasteiger partial charge in [-0.05, 0) is 38.9 Å². The highest BCUT2D eigenvalue weighted by molar-refractivity contribution is 6.33. The summed E-state index contributed by atoms with van der Waals surface area (Å²) >= 11 is 6.20. The molecule has 2 N–H and O–H groups in total. The van der Waals surface area contributed by atoms with Gasteiger partial charge in [0.1, 0.15) is 11.7 Å². The monoisotopic (exact) mass is 312 g/mol. The van der Waals surface area contributed by atoms with Gasteiger partial charge in [0.05, 0.1) is 11.6 Å². The summed E-state index contributed by atoms with van der Waals surface area (Å²) in [6.07, 6.45) is 1.86. The Morgan fingerprint density at radius 1 is 1.43 bits per heavy atom. The molecule has 0 spiro atoms. The van der Waals surface area contributed by atoms with Crippen LogP contribution in [-0.2, 0) is 4.74 Å². The van der Waals surface area contributed by atoms with Crippen molar-refractivity contribution < 1.29 is 14.3 Å². The zero-order valence-electron chi connectivity index (χ0n) is 12.4. The number of nitrogens with zero attached hydrogens (tertiary/aromatic N) is 1. The molecule has 1 saturated heterocycles. The fourth-order valence-electron chi connectivity index (χ4n) is 2.36. The summed E-state index contributed by atoms with van der Waals surface area (Å²) in [5.74, 6) is -0.0894. The van der Waals surface area contributed by atoms with E-state index in [1.165, 1.54) is 0 Å². The van der Waals surface area contributed by atoms with E-state index in [1.54, 1.807) is 19.1 Å². The Hall–Kier alpha value is -1.46. The minimum atomic E-state index is -0.463. The number of piperidine rings is 1. The molecule has 6 heteroatoms. The minimum Gasteiger partial charge on any atom is -0.488 e. The third kappa shape index (κ3) is 4.02. The molecule has 0 aliphatic carbocycles. The summed E-state index contributed by atoms with van der Waals surface area (Å²) < 4.78 is 11.0. The highest BCUT2D eigenvalue weighted by atomic mass is 35.5. The van der Waals surface area contributed by atoms with Crippen LogP contribution < -0.4 is 10.5 Å². The van der Waals surface area contributed by atoms with E-state index >= 15 is 0 Å². The molecule has 0 amide bonds. The van der Waals surface area contributed by atoms with Gasteiger partial charge in [-0.2, -0.15) is 0 Å². The molecule has 0 aromatic heterocycles. The van der Waals surface area contributed by atoms with Crippen LogP contribution in [0.2, 0.25) is 5.02 Å². The number of halogens is 1. The van der Waals surface area contributed by atoms with Gasteiger partial charge >= 0.3 is 5.97 Å². The molecule has 2 rings (SSSR count). The predicted octanol–water partition coefficient (Wildman–Crippen LogP) is 2.57. The third-order valence-corrected chi connectivity index (χ3v) is 3.79. The first-order chi connectivity index (χ1) is 10.0. The average molecular weight is 313 g/mol. The van der Waals surface area contributed by atoms with E-state index in [2.05, 4.69) is 11.9 Å². The topological polar surface area (TPSA) is 64.8 Å². The van der Waals surface area contributed by atoms with Crippen molar-refractivity contribution in [2.75, 3.05) is 32.5 Å². The van der Waals surface area contributed by atoms with Crippen LogP contribution in [0.1, 0.15) is 30.1 Å². The van der Waals surface area contributed by atoms with Crippen LogP contribution in [0, 0.1) is 0 Å². The van der Waals surface area contributed by atoms with Crippen molar-refractivity contribution in [1.82, 2.24) is 4.90 Å². The Kier molecular flexibility index (Phi) is 5.31. The van der Waals surface area contributed by atoms with Crippen LogP contribution in [-0.4, -0.2) is 43.7 Å². The van der Waals surface area contributed by atoms with E-state index in [0.29, 0.717) is 28.6 Å². The number of benzene rings is 1. The van der Waals surface area contributed by atoms with Gasteiger partial charge in [-0.15, -0.1) is 0 Å². The van der Waals surface area contributed by atoms with Crippen LogP contribution >= 0.6 is 11.6 Å². The van der Waals surface area contributed by atoms with Crippen LogP contribution in [0.3, 0.4) is 0 Å². The second kappa shape index (κ2) is 7.00. The lowest BCUT2D eigenvalue weighted by atomic mass is 10.1. The Morgan fingerprint density at radius 3 is 2.71 bits per heavy atom. The normalized spacial score (nSPS) is 16.7. The summed E-state index contributed by atoms with van der Waals surface area (Å²) in [6.45, 7) is 3.97. The van der Waals surface area contributed by atoms with Crippen LogP contribution in [0.25, 0.3) is 0 Å². The number of anilines is 1. The van der Waals surface area contributed by atoms with E-state index < -0.39 is 5.97 Å². The number of hydrogen-bond donors (Lipinski definition) is 1. The Labute approximate surface area is 130 Å². The Morgan fingerprint density at radius 2 is 2.10 bits per heavy atom. The van der Waals surface area contributed by atoms with Gasteiger partial charge in [-0.25, -0.2) is 4.79 Å². The molecular formula is C15H21ClN2O3. The molecule has 1 aromatic rings. The summed E-state index contributed by atoms with van der Waals surface area (Å²) in [5, 5.41) is 0.344. The second-order valence-electron chi connectivity index (χ2n) is 5.22. The lowest BCUT2D eigenvalue weighted by Crippen LogP contribution is -2.36. The van der Waals surface area contributed by atoms with Crippen LogP contribution in [0.4, 0.5) is 5.69 Å². The van der Waals surface area contributed by atoms with Crippen molar-refractivity contribution in [2.24, 2.45) is 0 Å². The summed E-state index contributed by atoms with van der Waals surface area (Å²) in [7, 11) is 2.08. The zero-order valence-corrected chi connectivity index (χ0v) is 13.2. The van der Waals surface area contributed by atoms with Gasteiger partial charge in [0.2, 0.25) is 0 Å². The largest absolute Gasteiger partial charge is 0.488 e. The van der Waals surface area contributed by atoms with E-state index in [9.17, 15) is 4.79 Å².